The van der Waals surface area contributed by atoms with E-state index in [1.54, 1.807) is 0 Å². The molecule has 1 fully saturated rings. The molecule has 2 aliphatic rings. The van der Waals surface area contributed by atoms with Gasteiger partial charge in [0.1, 0.15) is 11.5 Å². The molecule has 0 unspecified atom stereocenters. The van der Waals surface area contributed by atoms with Gasteiger partial charge in [0, 0.05) is 42.3 Å². The highest BCUT2D eigenvalue weighted by atomic mass is 15.2. The summed E-state index contributed by atoms with van der Waals surface area (Å²) in [5.41, 5.74) is 5.96. The van der Waals surface area contributed by atoms with E-state index in [1.807, 2.05) is 24.4 Å². The number of benzene rings is 1. The number of rotatable bonds is 4. The predicted octanol–water partition coefficient (Wildman–Crippen LogP) is 4.42. The molecular formula is C24H27N5. The zero-order valence-corrected chi connectivity index (χ0v) is 16.9. The van der Waals surface area contributed by atoms with Crippen LogP contribution >= 0.6 is 0 Å². The normalized spacial score (nSPS) is 16.7. The maximum Gasteiger partial charge on any atom is 0.180 e. The topological polar surface area (TPSA) is 53.9 Å². The molecule has 0 radical (unpaired) electrons. The molecule has 1 aliphatic heterocycles. The van der Waals surface area contributed by atoms with E-state index in [-0.39, 0.29) is 0 Å². The average Bonchev–Trinajstić information content (AvgIpc) is 3.23. The van der Waals surface area contributed by atoms with Crippen LogP contribution in [-0.2, 0) is 12.8 Å². The van der Waals surface area contributed by atoms with E-state index in [0.717, 1.165) is 56.1 Å². The molecule has 1 aliphatic carbocycles. The number of hydrogen-bond acceptors (Lipinski definition) is 5. The highest BCUT2D eigenvalue weighted by Crippen LogP contribution is 2.32. The van der Waals surface area contributed by atoms with Gasteiger partial charge in [-0.05, 0) is 68.9 Å². The largest absolute Gasteiger partial charge is 0.382 e. The molecule has 0 bridgehead atoms. The molecule has 0 spiro atoms. The number of anilines is 2. The molecule has 2 aromatic heterocycles. The van der Waals surface area contributed by atoms with Crippen LogP contribution in [0.25, 0.3) is 11.5 Å². The van der Waals surface area contributed by atoms with E-state index >= 15 is 0 Å². The van der Waals surface area contributed by atoms with Crippen LogP contribution in [0.1, 0.15) is 36.1 Å². The minimum atomic E-state index is 0.512. The fourth-order valence-corrected chi connectivity index (χ4v) is 4.49. The Hall–Kier alpha value is -2.95. The minimum Gasteiger partial charge on any atom is -0.382 e. The molecule has 1 saturated heterocycles. The van der Waals surface area contributed by atoms with E-state index in [2.05, 4.69) is 46.4 Å². The maximum absolute atomic E-state index is 4.99. The van der Waals surface area contributed by atoms with Crippen molar-refractivity contribution in [2.45, 2.75) is 45.1 Å². The molecule has 29 heavy (non-hydrogen) atoms. The number of aryl methyl sites for hydroxylation is 2. The Morgan fingerprint density at radius 3 is 2.69 bits per heavy atom. The highest BCUT2D eigenvalue weighted by Gasteiger charge is 2.27. The third-order valence-corrected chi connectivity index (χ3v) is 5.99. The van der Waals surface area contributed by atoms with Crippen molar-refractivity contribution in [1.29, 1.82) is 0 Å². The second-order valence-corrected chi connectivity index (χ2v) is 8.14. The third-order valence-electron chi connectivity index (χ3n) is 5.99. The first-order valence-electron chi connectivity index (χ1n) is 10.7. The van der Waals surface area contributed by atoms with Gasteiger partial charge in [0.2, 0.25) is 0 Å². The summed E-state index contributed by atoms with van der Waals surface area (Å²) in [6.45, 7) is 4.19. The smallest absolute Gasteiger partial charge is 0.180 e. The molecule has 5 heteroatoms. The lowest BCUT2D eigenvalue weighted by Crippen LogP contribution is -2.40. The molecule has 5 nitrogen and oxygen atoms in total. The van der Waals surface area contributed by atoms with Gasteiger partial charge in [-0.25, -0.2) is 9.97 Å². The van der Waals surface area contributed by atoms with Gasteiger partial charge < -0.3 is 10.2 Å². The van der Waals surface area contributed by atoms with Crippen molar-refractivity contribution in [3.63, 3.8) is 0 Å². The molecule has 0 atom stereocenters. The maximum atomic E-state index is 4.99. The van der Waals surface area contributed by atoms with Gasteiger partial charge in [0.15, 0.2) is 5.82 Å². The standard InChI is InChI=1S/C24H27N5/c1-17-6-4-7-19(16-17)26-18-11-14-29(15-12-18)24-20-8-5-10-21(20)27-23(28-24)22-9-2-3-13-25-22/h2-4,6-7,9,13,16,18,26H,5,8,10-12,14-15H2,1H3. The first-order chi connectivity index (χ1) is 14.3. The molecule has 148 valence electrons. The number of fused-ring (bicyclic) bond motifs is 1. The number of piperidine rings is 1. The Morgan fingerprint density at radius 1 is 1.00 bits per heavy atom. The van der Waals surface area contributed by atoms with Gasteiger partial charge in [-0.2, -0.15) is 0 Å². The lowest BCUT2D eigenvalue weighted by atomic mass is 10.0. The first kappa shape index (κ1) is 18.1. The molecule has 5 rings (SSSR count). The van der Waals surface area contributed by atoms with Crippen molar-refractivity contribution < 1.29 is 0 Å². The van der Waals surface area contributed by atoms with Gasteiger partial charge in [-0.3, -0.25) is 4.98 Å². The number of nitrogens with zero attached hydrogens (tertiary/aromatic N) is 4. The third kappa shape index (κ3) is 3.82. The fraction of sp³-hybridized carbons (Fsp3) is 0.375. The van der Waals surface area contributed by atoms with E-state index in [4.69, 9.17) is 9.97 Å². The summed E-state index contributed by atoms with van der Waals surface area (Å²) >= 11 is 0. The van der Waals surface area contributed by atoms with Gasteiger partial charge in [0.05, 0.1) is 0 Å². The Balaban J connectivity index is 1.35. The Bertz CT molecular complexity index is 993. The lowest BCUT2D eigenvalue weighted by molar-refractivity contribution is 0.522. The summed E-state index contributed by atoms with van der Waals surface area (Å²) in [5.74, 6) is 1.91. The van der Waals surface area contributed by atoms with Gasteiger partial charge in [0.25, 0.3) is 0 Å². The predicted molar refractivity (Wildman–Crippen MR) is 117 cm³/mol. The van der Waals surface area contributed by atoms with Crippen LogP contribution in [0.3, 0.4) is 0 Å². The molecule has 3 aromatic rings. The van der Waals surface area contributed by atoms with Gasteiger partial charge >= 0.3 is 0 Å². The number of nitrogens with one attached hydrogen (secondary N) is 1. The quantitative estimate of drug-likeness (QED) is 0.721. The Labute approximate surface area is 172 Å². The number of hydrogen-bond donors (Lipinski definition) is 1. The SMILES string of the molecule is Cc1cccc(NC2CCN(c3nc(-c4ccccn4)nc4c3CCC4)CC2)c1. The Morgan fingerprint density at radius 2 is 1.90 bits per heavy atom. The summed E-state index contributed by atoms with van der Waals surface area (Å²) in [6, 6.07) is 15.1. The lowest BCUT2D eigenvalue weighted by Gasteiger charge is -2.34. The van der Waals surface area contributed by atoms with Crippen molar-refractivity contribution in [1.82, 2.24) is 15.0 Å². The van der Waals surface area contributed by atoms with Crippen molar-refractivity contribution in [3.05, 3.63) is 65.5 Å². The number of pyridine rings is 1. The second-order valence-electron chi connectivity index (χ2n) is 8.14. The Kier molecular flexibility index (Phi) is 4.88. The van der Waals surface area contributed by atoms with Gasteiger partial charge in [-0.1, -0.05) is 18.2 Å². The minimum absolute atomic E-state index is 0.512. The molecule has 0 saturated carbocycles. The molecule has 0 amide bonds. The van der Waals surface area contributed by atoms with Crippen LogP contribution in [0.5, 0.6) is 0 Å². The van der Waals surface area contributed by atoms with Crippen molar-refractivity contribution in [2.75, 3.05) is 23.3 Å². The van der Waals surface area contributed by atoms with Crippen LogP contribution < -0.4 is 10.2 Å². The molecular weight excluding hydrogens is 358 g/mol. The van der Waals surface area contributed by atoms with Crippen LogP contribution in [0.4, 0.5) is 11.5 Å². The summed E-state index contributed by atoms with van der Waals surface area (Å²) in [7, 11) is 0. The second kappa shape index (κ2) is 7.82. The van der Waals surface area contributed by atoms with Gasteiger partial charge in [-0.15, -0.1) is 0 Å². The summed E-state index contributed by atoms with van der Waals surface area (Å²) in [6.07, 6.45) is 7.37. The monoisotopic (exact) mass is 385 g/mol. The summed E-state index contributed by atoms with van der Waals surface area (Å²) < 4.78 is 0. The van der Waals surface area contributed by atoms with Crippen LogP contribution in [0.15, 0.2) is 48.7 Å². The summed E-state index contributed by atoms with van der Waals surface area (Å²) in [5, 5.41) is 3.71. The van der Waals surface area contributed by atoms with Crippen molar-refractivity contribution in [3.8, 4) is 11.5 Å². The van der Waals surface area contributed by atoms with Crippen LogP contribution in [-0.4, -0.2) is 34.1 Å². The first-order valence-corrected chi connectivity index (χ1v) is 10.7. The zero-order valence-electron chi connectivity index (χ0n) is 16.9. The fourth-order valence-electron chi connectivity index (χ4n) is 4.49. The van der Waals surface area contributed by atoms with E-state index in [9.17, 15) is 0 Å². The van der Waals surface area contributed by atoms with E-state index in [0.29, 0.717) is 6.04 Å². The highest BCUT2D eigenvalue weighted by molar-refractivity contribution is 5.59. The van der Waals surface area contributed by atoms with E-state index < -0.39 is 0 Å². The average molecular weight is 386 g/mol. The summed E-state index contributed by atoms with van der Waals surface area (Å²) in [4.78, 5) is 16.8. The molecule has 1 aromatic carbocycles. The van der Waals surface area contributed by atoms with Crippen LogP contribution in [0, 0.1) is 6.92 Å². The number of aromatic nitrogens is 3. The zero-order chi connectivity index (χ0) is 19.6. The van der Waals surface area contributed by atoms with E-state index in [1.165, 1.54) is 28.9 Å². The van der Waals surface area contributed by atoms with Crippen LogP contribution in [0.2, 0.25) is 0 Å². The molecule has 3 heterocycles. The van der Waals surface area contributed by atoms with Crippen molar-refractivity contribution in [2.24, 2.45) is 0 Å². The molecule has 1 N–H and O–H groups in total. The van der Waals surface area contributed by atoms with Crippen molar-refractivity contribution >= 4 is 11.5 Å².